The lowest BCUT2D eigenvalue weighted by atomic mass is 9.85. The number of rotatable bonds is 1. The normalized spacial score (nSPS) is 44.8. The minimum atomic E-state index is -0.102. The summed E-state index contributed by atoms with van der Waals surface area (Å²) in [5.74, 6) is 0.986. The molecule has 3 nitrogen and oxygen atoms in total. The van der Waals surface area contributed by atoms with E-state index in [4.69, 9.17) is 10.5 Å². The van der Waals surface area contributed by atoms with Crippen LogP contribution in [0.25, 0.3) is 0 Å². The first-order valence-corrected chi connectivity index (χ1v) is 4.57. The Labute approximate surface area is 72.3 Å². The molecule has 2 bridgehead atoms. The van der Waals surface area contributed by atoms with Crippen LogP contribution in [0.3, 0.4) is 0 Å². The summed E-state index contributed by atoms with van der Waals surface area (Å²) in [7, 11) is 1.45. The molecule has 0 aromatic heterocycles. The van der Waals surface area contributed by atoms with Crippen LogP contribution in [0.15, 0.2) is 0 Å². The van der Waals surface area contributed by atoms with Crippen molar-refractivity contribution in [3.63, 3.8) is 0 Å². The van der Waals surface area contributed by atoms with Crippen LogP contribution in [0.5, 0.6) is 0 Å². The number of carbonyl (C=O) groups is 1. The molecule has 0 spiro atoms. The summed E-state index contributed by atoms with van der Waals surface area (Å²) >= 11 is 0. The van der Waals surface area contributed by atoms with Crippen LogP contribution in [0.2, 0.25) is 0 Å². The van der Waals surface area contributed by atoms with Crippen molar-refractivity contribution in [2.24, 2.45) is 23.5 Å². The van der Waals surface area contributed by atoms with E-state index in [2.05, 4.69) is 0 Å². The minimum absolute atomic E-state index is 0.00579. The Balaban J connectivity index is 2.12. The van der Waals surface area contributed by atoms with E-state index in [9.17, 15) is 4.79 Å². The molecule has 2 fully saturated rings. The van der Waals surface area contributed by atoms with Gasteiger partial charge in [-0.05, 0) is 31.1 Å². The van der Waals surface area contributed by atoms with Crippen molar-refractivity contribution < 1.29 is 9.53 Å². The molecule has 0 aliphatic heterocycles. The largest absolute Gasteiger partial charge is 0.469 e. The smallest absolute Gasteiger partial charge is 0.310 e. The summed E-state index contributed by atoms with van der Waals surface area (Å²) in [6.07, 6.45) is 3.51. The Bertz CT molecular complexity index is 203. The van der Waals surface area contributed by atoms with Crippen molar-refractivity contribution in [3.05, 3.63) is 0 Å². The first-order chi connectivity index (χ1) is 5.74. The van der Waals surface area contributed by atoms with Crippen LogP contribution in [-0.4, -0.2) is 19.1 Å². The van der Waals surface area contributed by atoms with Gasteiger partial charge < -0.3 is 10.5 Å². The standard InChI is InChI=1S/C9H15NO2/c1-12-9(11)7-5-2-3-6(4-5)8(7)10/h5-8H,2-4,10H2,1H3/t5?,6?,7-,8+/m1/s1. The number of carbonyl (C=O) groups excluding carboxylic acids is 1. The van der Waals surface area contributed by atoms with Crippen LogP contribution in [-0.2, 0) is 9.53 Å². The lowest BCUT2D eigenvalue weighted by molar-refractivity contribution is -0.147. The second kappa shape index (κ2) is 2.73. The first-order valence-electron chi connectivity index (χ1n) is 4.57. The average molecular weight is 169 g/mol. The van der Waals surface area contributed by atoms with Crippen molar-refractivity contribution in [3.8, 4) is 0 Å². The van der Waals surface area contributed by atoms with Crippen molar-refractivity contribution in [2.45, 2.75) is 25.3 Å². The number of ether oxygens (including phenoxy) is 1. The SMILES string of the molecule is COC(=O)[C@@H]1C2CCC(C2)[C@@H]1N. The van der Waals surface area contributed by atoms with Gasteiger partial charge in [-0.15, -0.1) is 0 Å². The maximum Gasteiger partial charge on any atom is 0.310 e. The van der Waals surface area contributed by atoms with Gasteiger partial charge in [0.25, 0.3) is 0 Å². The fourth-order valence-electron chi connectivity index (χ4n) is 2.82. The number of esters is 1. The van der Waals surface area contributed by atoms with Gasteiger partial charge in [0.05, 0.1) is 13.0 Å². The van der Waals surface area contributed by atoms with E-state index in [0.717, 1.165) is 12.8 Å². The molecule has 2 unspecified atom stereocenters. The van der Waals surface area contributed by atoms with Crippen LogP contribution in [0.4, 0.5) is 0 Å². The molecular weight excluding hydrogens is 154 g/mol. The molecule has 0 amide bonds. The fraction of sp³-hybridized carbons (Fsp3) is 0.889. The zero-order chi connectivity index (χ0) is 8.72. The Kier molecular flexibility index (Phi) is 1.83. The Morgan fingerprint density at radius 3 is 2.58 bits per heavy atom. The van der Waals surface area contributed by atoms with E-state index in [1.165, 1.54) is 13.5 Å². The van der Waals surface area contributed by atoms with Crippen LogP contribution >= 0.6 is 0 Å². The van der Waals surface area contributed by atoms with E-state index in [0.29, 0.717) is 11.8 Å². The third kappa shape index (κ3) is 0.959. The van der Waals surface area contributed by atoms with Gasteiger partial charge in [-0.1, -0.05) is 0 Å². The van der Waals surface area contributed by atoms with Crippen molar-refractivity contribution >= 4 is 5.97 Å². The second-order valence-electron chi connectivity index (χ2n) is 3.96. The molecule has 68 valence electrons. The van der Waals surface area contributed by atoms with Crippen LogP contribution in [0.1, 0.15) is 19.3 Å². The molecule has 3 heteroatoms. The number of hydrogen-bond acceptors (Lipinski definition) is 3. The molecule has 12 heavy (non-hydrogen) atoms. The second-order valence-corrected chi connectivity index (χ2v) is 3.96. The zero-order valence-corrected chi connectivity index (χ0v) is 7.32. The molecule has 0 aromatic carbocycles. The monoisotopic (exact) mass is 169 g/mol. The molecule has 2 saturated carbocycles. The van der Waals surface area contributed by atoms with Gasteiger partial charge in [0.15, 0.2) is 0 Å². The predicted octanol–water partition coefficient (Wildman–Crippen LogP) is 0.533. The highest BCUT2D eigenvalue weighted by atomic mass is 16.5. The zero-order valence-electron chi connectivity index (χ0n) is 7.32. The molecule has 0 radical (unpaired) electrons. The molecule has 0 heterocycles. The average Bonchev–Trinajstić information content (AvgIpc) is 2.63. The van der Waals surface area contributed by atoms with Crippen LogP contribution < -0.4 is 5.73 Å². The highest BCUT2D eigenvalue weighted by molar-refractivity contribution is 5.74. The van der Waals surface area contributed by atoms with Crippen molar-refractivity contribution in [1.29, 1.82) is 0 Å². The molecule has 2 aliphatic carbocycles. The summed E-state index contributed by atoms with van der Waals surface area (Å²) in [6.45, 7) is 0. The molecule has 4 atom stereocenters. The highest BCUT2D eigenvalue weighted by Gasteiger charge is 2.49. The number of nitrogens with two attached hydrogens (primary N) is 1. The van der Waals surface area contributed by atoms with E-state index in [-0.39, 0.29) is 17.9 Å². The molecule has 0 saturated heterocycles. The molecule has 2 N–H and O–H groups in total. The van der Waals surface area contributed by atoms with E-state index in [1.54, 1.807) is 0 Å². The fourth-order valence-corrected chi connectivity index (χ4v) is 2.82. The summed E-state index contributed by atoms with van der Waals surface area (Å²) in [5, 5.41) is 0. The molecule has 2 rings (SSSR count). The van der Waals surface area contributed by atoms with Gasteiger partial charge in [0, 0.05) is 6.04 Å². The Morgan fingerprint density at radius 1 is 1.42 bits per heavy atom. The third-order valence-corrected chi connectivity index (χ3v) is 3.45. The van der Waals surface area contributed by atoms with Crippen molar-refractivity contribution in [2.75, 3.05) is 7.11 Å². The van der Waals surface area contributed by atoms with Crippen molar-refractivity contribution in [1.82, 2.24) is 0 Å². The predicted molar refractivity (Wildman–Crippen MR) is 44.3 cm³/mol. The highest BCUT2D eigenvalue weighted by Crippen LogP contribution is 2.47. The summed E-state index contributed by atoms with van der Waals surface area (Å²) in [6, 6.07) is 0.0659. The van der Waals surface area contributed by atoms with Gasteiger partial charge in [-0.25, -0.2) is 0 Å². The summed E-state index contributed by atoms with van der Waals surface area (Å²) < 4.78 is 4.74. The number of fused-ring (bicyclic) bond motifs is 2. The van der Waals surface area contributed by atoms with Crippen LogP contribution in [0, 0.1) is 17.8 Å². The Hall–Kier alpha value is -0.570. The Morgan fingerprint density at radius 2 is 2.08 bits per heavy atom. The molecular formula is C9H15NO2. The molecule has 0 aromatic rings. The van der Waals surface area contributed by atoms with Gasteiger partial charge >= 0.3 is 5.97 Å². The topological polar surface area (TPSA) is 52.3 Å². The summed E-state index contributed by atoms with van der Waals surface area (Å²) in [5.41, 5.74) is 5.94. The van der Waals surface area contributed by atoms with Gasteiger partial charge in [0.2, 0.25) is 0 Å². The van der Waals surface area contributed by atoms with E-state index < -0.39 is 0 Å². The first kappa shape index (κ1) is 8.05. The third-order valence-electron chi connectivity index (χ3n) is 3.45. The van der Waals surface area contributed by atoms with E-state index in [1.807, 2.05) is 0 Å². The van der Waals surface area contributed by atoms with Gasteiger partial charge in [-0.2, -0.15) is 0 Å². The lowest BCUT2D eigenvalue weighted by Gasteiger charge is -2.25. The van der Waals surface area contributed by atoms with Gasteiger partial charge in [0.1, 0.15) is 0 Å². The maximum absolute atomic E-state index is 11.3. The quantitative estimate of drug-likeness (QED) is 0.583. The van der Waals surface area contributed by atoms with E-state index >= 15 is 0 Å². The minimum Gasteiger partial charge on any atom is -0.469 e. The maximum atomic E-state index is 11.3. The summed E-state index contributed by atoms with van der Waals surface area (Å²) in [4.78, 5) is 11.3. The number of methoxy groups -OCH3 is 1. The lowest BCUT2D eigenvalue weighted by Crippen LogP contribution is -2.40. The number of hydrogen-bond donors (Lipinski definition) is 1. The van der Waals surface area contributed by atoms with Gasteiger partial charge in [-0.3, -0.25) is 4.79 Å². The molecule has 2 aliphatic rings.